The number of hydrogen-bond donors (Lipinski definition) is 3. The molecule has 1 aromatic heterocycles. The van der Waals surface area contributed by atoms with Crippen LogP contribution < -0.4 is 10.6 Å². The van der Waals surface area contributed by atoms with Crippen LogP contribution in [0.4, 0.5) is 10.8 Å². The van der Waals surface area contributed by atoms with Crippen molar-refractivity contribution in [3.63, 3.8) is 0 Å². The van der Waals surface area contributed by atoms with Gasteiger partial charge in [-0.1, -0.05) is 12.1 Å². The van der Waals surface area contributed by atoms with Crippen LogP contribution in [-0.2, 0) is 16.0 Å². The Hall–Kier alpha value is -2.74. The molecule has 0 saturated carbocycles. The van der Waals surface area contributed by atoms with Crippen LogP contribution in [0.1, 0.15) is 23.0 Å². The van der Waals surface area contributed by atoms with E-state index in [9.17, 15) is 14.4 Å². The molecule has 0 fully saturated rings. The van der Waals surface area contributed by atoms with Crippen LogP contribution >= 0.6 is 11.3 Å². The first-order chi connectivity index (χ1) is 10.4. The van der Waals surface area contributed by atoms with Gasteiger partial charge in [0.15, 0.2) is 5.13 Å². The lowest BCUT2D eigenvalue weighted by Crippen LogP contribution is -2.13. The van der Waals surface area contributed by atoms with E-state index in [1.165, 1.54) is 6.92 Å². The highest BCUT2D eigenvalue weighted by molar-refractivity contribution is 7.14. The van der Waals surface area contributed by atoms with Crippen molar-refractivity contribution in [3.8, 4) is 0 Å². The number of carboxylic acid groups (broad SMARTS) is 1. The molecule has 2 aromatic rings. The maximum Gasteiger partial charge on any atom is 0.307 e. The number of thiazole rings is 1. The molecule has 0 bridgehead atoms. The van der Waals surface area contributed by atoms with Gasteiger partial charge in [0.05, 0.1) is 6.42 Å². The second kappa shape index (κ2) is 6.81. The standard InChI is InChI=1S/C14H13N3O4S/c1-8(18)15-14-17-11(7-22-14)13(21)16-10-4-2-9(3-5-10)6-12(19)20/h2-5,7H,6H2,1H3,(H,16,21)(H,19,20)(H,15,17,18). The Kier molecular flexibility index (Phi) is 4.84. The fourth-order valence-electron chi connectivity index (χ4n) is 1.66. The molecule has 1 heterocycles. The molecule has 0 saturated heterocycles. The summed E-state index contributed by atoms with van der Waals surface area (Å²) in [5, 5.41) is 15.7. The van der Waals surface area contributed by atoms with E-state index in [0.717, 1.165) is 11.3 Å². The first-order valence-electron chi connectivity index (χ1n) is 6.29. The zero-order chi connectivity index (χ0) is 16.1. The Morgan fingerprint density at radius 2 is 1.86 bits per heavy atom. The Labute approximate surface area is 130 Å². The molecule has 8 heteroatoms. The van der Waals surface area contributed by atoms with Gasteiger partial charge in [0.2, 0.25) is 5.91 Å². The zero-order valence-corrected chi connectivity index (χ0v) is 12.4. The molecular weight excluding hydrogens is 306 g/mol. The number of anilines is 2. The number of carboxylic acids is 1. The van der Waals surface area contributed by atoms with Gasteiger partial charge in [-0.2, -0.15) is 0 Å². The maximum absolute atomic E-state index is 12.0. The van der Waals surface area contributed by atoms with Gasteiger partial charge in [0, 0.05) is 18.0 Å². The Balaban J connectivity index is 2.00. The highest BCUT2D eigenvalue weighted by atomic mass is 32.1. The molecule has 0 aliphatic carbocycles. The van der Waals surface area contributed by atoms with E-state index in [2.05, 4.69) is 15.6 Å². The number of aliphatic carboxylic acids is 1. The minimum absolute atomic E-state index is 0.0691. The molecule has 3 N–H and O–H groups in total. The van der Waals surface area contributed by atoms with Gasteiger partial charge in [0.25, 0.3) is 5.91 Å². The van der Waals surface area contributed by atoms with E-state index in [1.807, 2.05) is 0 Å². The molecule has 0 radical (unpaired) electrons. The van der Waals surface area contributed by atoms with Crippen molar-refractivity contribution in [1.82, 2.24) is 4.98 Å². The van der Waals surface area contributed by atoms with Gasteiger partial charge in [-0.15, -0.1) is 11.3 Å². The minimum Gasteiger partial charge on any atom is -0.481 e. The Bertz CT molecular complexity index is 709. The van der Waals surface area contributed by atoms with Crippen LogP contribution in [0.25, 0.3) is 0 Å². The Morgan fingerprint density at radius 1 is 1.18 bits per heavy atom. The number of hydrogen-bond acceptors (Lipinski definition) is 5. The van der Waals surface area contributed by atoms with E-state index in [-0.39, 0.29) is 18.0 Å². The molecule has 7 nitrogen and oxygen atoms in total. The second-order valence-corrected chi connectivity index (χ2v) is 5.30. The van der Waals surface area contributed by atoms with Crippen molar-refractivity contribution in [2.24, 2.45) is 0 Å². The average Bonchev–Trinajstić information content (AvgIpc) is 2.88. The largest absolute Gasteiger partial charge is 0.481 e. The van der Waals surface area contributed by atoms with Crippen molar-refractivity contribution >= 4 is 39.9 Å². The summed E-state index contributed by atoms with van der Waals surface area (Å²) in [6.45, 7) is 1.36. The molecule has 1 aromatic carbocycles. The molecular formula is C14H13N3O4S. The van der Waals surface area contributed by atoms with Gasteiger partial charge in [-0.05, 0) is 17.7 Å². The first-order valence-corrected chi connectivity index (χ1v) is 7.17. The quantitative estimate of drug-likeness (QED) is 0.781. The summed E-state index contributed by atoms with van der Waals surface area (Å²) in [6.07, 6.45) is -0.0691. The fourth-order valence-corrected chi connectivity index (χ4v) is 2.40. The number of rotatable bonds is 5. The third kappa shape index (κ3) is 4.38. The summed E-state index contributed by atoms with van der Waals surface area (Å²) in [4.78, 5) is 37.5. The van der Waals surface area contributed by atoms with Gasteiger partial charge in [-0.25, -0.2) is 4.98 Å². The van der Waals surface area contributed by atoms with Gasteiger partial charge >= 0.3 is 5.97 Å². The van der Waals surface area contributed by atoms with Gasteiger partial charge in [0.1, 0.15) is 5.69 Å². The van der Waals surface area contributed by atoms with Crippen molar-refractivity contribution in [1.29, 1.82) is 0 Å². The summed E-state index contributed by atoms with van der Waals surface area (Å²) >= 11 is 1.16. The van der Waals surface area contributed by atoms with Crippen LogP contribution in [0.2, 0.25) is 0 Å². The molecule has 0 aliphatic heterocycles. The van der Waals surface area contributed by atoms with Crippen LogP contribution in [0, 0.1) is 0 Å². The lowest BCUT2D eigenvalue weighted by molar-refractivity contribution is -0.136. The summed E-state index contributed by atoms with van der Waals surface area (Å²) in [5.41, 5.74) is 1.38. The maximum atomic E-state index is 12.0. The summed E-state index contributed by atoms with van der Waals surface area (Å²) < 4.78 is 0. The molecule has 22 heavy (non-hydrogen) atoms. The third-order valence-corrected chi connectivity index (χ3v) is 3.34. The Morgan fingerprint density at radius 3 is 2.45 bits per heavy atom. The number of amides is 2. The molecule has 2 rings (SSSR count). The van der Waals surface area contributed by atoms with E-state index >= 15 is 0 Å². The monoisotopic (exact) mass is 319 g/mol. The van der Waals surface area contributed by atoms with Crippen LogP contribution in [-0.4, -0.2) is 27.9 Å². The minimum atomic E-state index is -0.912. The zero-order valence-electron chi connectivity index (χ0n) is 11.6. The lowest BCUT2D eigenvalue weighted by atomic mass is 10.1. The van der Waals surface area contributed by atoms with Crippen molar-refractivity contribution in [3.05, 3.63) is 40.9 Å². The smallest absolute Gasteiger partial charge is 0.307 e. The average molecular weight is 319 g/mol. The predicted molar refractivity (Wildman–Crippen MR) is 82.2 cm³/mol. The molecule has 114 valence electrons. The third-order valence-electron chi connectivity index (χ3n) is 2.59. The SMILES string of the molecule is CC(=O)Nc1nc(C(=O)Nc2ccc(CC(=O)O)cc2)cs1. The van der Waals surface area contributed by atoms with E-state index in [4.69, 9.17) is 5.11 Å². The highest BCUT2D eigenvalue weighted by Gasteiger charge is 2.11. The highest BCUT2D eigenvalue weighted by Crippen LogP contribution is 2.17. The van der Waals surface area contributed by atoms with E-state index in [1.54, 1.807) is 29.6 Å². The van der Waals surface area contributed by atoms with Crippen LogP contribution in [0.5, 0.6) is 0 Å². The number of carbonyl (C=O) groups is 3. The molecule has 0 aliphatic rings. The van der Waals surface area contributed by atoms with E-state index in [0.29, 0.717) is 16.4 Å². The van der Waals surface area contributed by atoms with Gasteiger partial charge < -0.3 is 15.7 Å². The normalized spacial score (nSPS) is 10.0. The molecule has 0 unspecified atom stereocenters. The summed E-state index contributed by atoms with van der Waals surface area (Å²) in [6, 6.07) is 6.51. The topological polar surface area (TPSA) is 108 Å². The molecule has 0 atom stereocenters. The van der Waals surface area contributed by atoms with Crippen molar-refractivity contribution in [2.75, 3.05) is 10.6 Å². The first kappa shape index (κ1) is 15.6. The van der Waals surface area contributed by atoms with Crippen LogP contribution in [0.15, 0.2) is 29.6 Å². The number of aromatic nitrogens is 1. The fraction of sp³-hybridized carbons (Fsp3) is 0.143. The van der Waals surface area contributed by atoms with E-state index < -0.39 is 11.9 Å². The second-order valence-electron chi connectivity index (χ2n) is 4.44. The van der Waals surface area contributed by atoms with Crippen LogP contribution in [0.3, 0.4) is 0 Å². The van der Waals surface area contributed by atoms with Gasteiger partial charge in [-0.3, -0.25) is 14.4 Å². The number of carbonyl (C=O) groups excluding carboxylic acids is 2. The summed E-state index contributed by atoms with van der Waals surface area (Å²) in [5.74, 6) is -1.57. The summed E-state index contributed by atoms with van der Waals surface area (Å²) in [7, 11) is 0. The molecule has 0 spiro atoms. The van der Waals surface area contributed by atoms with Crippen molar-refractivity contribution in [2.45, 2.75) is 13.3 Å². The molecule has 2 amide bonds. The number of nitrogens with zero attached hydrogens (tertiary/aromatic N) is 1. The number of nitrogens with one attached hydrogen (secondary N) is 2. The number of benzene rings is 1. The lowest BCUT2D eigenvalue weighted by Gasteiger charge is -2.04. The van der Waals surface area contributed by atoms with Crippen molar-refractivity contribution < 1.29 is 19.5 Å². The predicted octanol–water partition coefficient (Wildman–Crippen LogP) is 1.98.